The molecule has 0 radical (unpaired) electrons. The largest absolute Gasteiger partial charge is 0.300 e. The van der Waals surface area contributed by atoms with Crippen molar-refractivity contribution in [3.05, 3.63) is 28.0 Å². The van der Waals surface area contributed by atoms with Crippen LogP contribution in [0.15, 0.2) is 12.1 Å². The summed E-state index contributed by atoms with van der Waals surface area (Å²) in [6, 6.07) is 4.22. The van der Waals surface area contributed by atoms with Crippen molar-refractivity contribution in [1.82, 2.24) is 14.8 Å². The van der Waals surface area contributed by atoms with E-state index in [0.29, 0.717) is 16.2 Å². The second-order valence-corrected chi connectivity index (χ2v) is 5.76. The lowest BCUT2D eigenvalue weighted by Crippen LogP contribution is -2.37. The van der Waals surface area contributed by atoms with Gasteiger partial charge in [0.15, 0.2) is 0 Å². The summed E-state index contributed by atoms with van der Waals surface area (Å²) in [7, 11) is 0. The van der Waals surface area contributed by atoms with Gasteiger partial charge in [0.2, 0.25) is 0 Å². The summed E-state index contributed by atoms with van der Waals surface area (Å²) in [5.74, 6) is 0. The number of likely N-dealkylation sites (N-methyl/N-ethyl adjacent to an activating group) is 1. The highest BCUT2D eigenvalue weighted by Gasteiger charge is 2.26. The molecule has 19 heavy (non-hydrogen) atoms. The van der Waals surface area contributed by atoms with E-state index in [4.69, 9.17) is 23.2 Å². The van der Waals surface area contributed by atoms with Crippen LogP contribution in [0.3, 0.4) is 0 Å². The van der Waals surface area contributed by atoms with Gasteiger partial charge in [-0.25, -0.2) is 4.98 Å². The Morgan fingerprint density at radius 2 is 2.05 bits per heavy atom. The Bertz CT molecular complexity index is 421. The molecule has 5 heteroatoms. The molecule has 1 aliphatic rings. The number of hydrogen-bond donors (Lipinski definition) is 0. The highest BCUT2D eigenvalue weighted by molar-refractivity contribution is 6.32. The molecular formula is C14H21Cl2N3. The van der Waals surface area contributed by atoms with Crippen LogP contribution in [-0.2, 0) is 6.54 Å². The quantitative estimate of drug-likeness (QED) is 0.778. The van der Waals surface area contributed by atoms with E-state index in [0.717, 1.165) is 38.4 Å². The summed E-state index contributed by atoms with van der Waals surface area (Å²) < 4.78 is 0. The van der Waals surface area contributed by atoms with Crippen LogP contribution >= 0.6 is 23.2 Å². The first-order valence-corrected chi connectivity index (χ1v) is 7.67. The van der Waals surface area contributed by atoms with Gasteiger partial charge < -0.3 is 0 Å². The Balaban J connectivity index is 1.96. The van der Waals surface area contributed by atoms with E-state index in [2.05, 4.69) is 28.6 Å². The molecule has 1 aliphatic heterocycles. The molecule has 106 valence electrons. The lowest BCUT2D eigenvalue weighted by atomic mass is 10.2. The number of likely N-dealkylation sites (tertiary alicyclic amines) is 1. The van der Waals surface area contributed by atoms with E-state index >= 15 is 0 Å². The van der Waals surface area contributed by atoms with E-state index in [9.17, 15) is 0 Å². The maximum Gasteiger partial charge on any atom is 0.129 e. The van der Waals surface area contributed by atoms with Gasteiger partial charge >= 0.3 is 0 Å². The Kier molecular flexibility index (Phi) is 5.46. The van der Waals surface area contributed by atoms with Gasteiger partial charge in [0, 0.05) is 25.7 Å². The minimum atomic E-state index is 0.513. The van der Waals surface area contributed by atoms with Crippen molar-refractivity contribution in [1.29, 1.82) is 0 Å². The number of hydrogen-bond acceptors (Lipinski definition) is 3. The van der Waals surface area contributed by atoms with Gasteiger partial charge in [0.05, 0.1) is 10.7 Å². The number of aromatic nitrogens is 1. The van der Waals surface area contributed by atoms with Gasteiger partial charge in [-0.3, -0.25) is 9.80 Å². The fourth-order valence-corrected chi connectivity index (χ4v) is 3.10. The third-order valence-electron chi connectivity index (χ3n) is 3.83. The Morgan fingerprint density at radius 3 is 2.74 bits per heavy atom. The van der Waals surface area contributed by atoms with Gasteiger partial charge in [-0.1, -0.05) is 37.0 Å². The zero-order chi connectivity index (χ0) is 13.8. The zero-order valence-corrected chi connectivity index (χ0v) is 13.1. The lowest BCUT2D eigenvalue weighted by molar-refractivity contribution is 0.208. The monoisotopic (exact) mass is 301 g/mol. The molecule has 0 aliphatic carbocycles. The van der Waals surface area contributed by atoms with Gasteiger partial charge in [-0.15, -0.1) is 0 Å². The van der Waals surface area contributed by atoms with Crippen LogP contribution in [0.2, 0.25) is 10.2 Å². The predicted molar refractivity (Wildman–Crippen MR) is 80.9 cm³/mol. The van der Waals surface area contributed by atoms with Crippen LogP contribution in [0.1, 0.15) is 26.0 Å². The number of halogens is 2. The third kappa shape index (κ3) is 3.82. The predicted octanol–water partition coefficient (Wildman–Crippen LogP) is 3.30. The number of pyridine rings is 1. The molecule has 2 rings (SSSR count). The summed E-state index contributed by atoms with van der Waals surface area (Å²) in [5.41, 5.74) is 0.884. The summed E-state index contributed by atoms with van der Waals surface area (Å²) >= 11 is 12.1. The molecule has 0 N–H and O–H groups in total. The van der Waals surface area contributed by atoms with Gasteiger partial charge in [-0.2, -0.15) is 0 Å². The van der Waals surface area contributed by atoms with Crippen molar-refractivity contribution in [3.8, 4) is 0 Å². The van der Waals surface area contributed by atoms with Crippen LogP contribution in [-0.4, -0.2) is 47.0 Å². The Morgan fingerprint density at radius 1 is 1.32 bits per heavy atom. The van der Waals surface area contributed by atoms with Gasteiger partial charge in [0.1, 0.15) is 5.15 Å². The standard InChI is InChI=1S/C14H21Cl2N3/c1-3-19(4-2)11-7-8-18(9-11)10-13-12(15)5-6-14(16)17-13/h5-6,11H,3-4,7-10H2,1-2H3. The lowest BCUT2D eigenvalue weighted by Gasteiger charge is -2.26. The van der Waals surface area contributed by atoms with Crippen molar-refractivity contribution < 1.29 is 0 Å². The topological polar surface area (TPSA) is 19.4 Å². The maximum absolute atomic E-state index is 6.17. The van der Waals surface area contributed by atoms with Crippen LogP contribution in [0.5, 0.6) is 0 Å². The molecule has 0 aromatic carbocycles. The van der Waals surface area contributed by atoms with Crippen LogP contribution in [0.25, 0.3) is 0 Å². The molecular weight excluding hydrogens is 281 g/mol. The summed E-state index contributed by atoms with van der Waals surface area (Å²) in [6.07, 6.45) is 1.22. The molecule has 1 atom stereocenters. The Hall–Kier alpha value is -0.350. The minimum Gasteiger partial charge on any atom is -0.300 e. The fraction of sp³-hybridized carbons (Fsp3) is 0.643. The van der Waals surface area contributed by atoms with Crippen molar-refractivity contribution in [3.63, 3.8) is 0 Å². The zero-order valence-electron chi connectivity index (χ0n) is 11.6. The Labute approximate surface area is 125 Å². The smallest absolute Gasteiger partial charge is 0.129 e. The molecule has 2 heterocycles. The van der Waals surface area contributed by atoms with Crippen LogP contribution < -0.4 is 0 Å². The van der Waals surface area contributed by atoms with Crippen molar-refractivity contribution in [2.24, 2.45) is 0 Å². The number of rotatable bonds is 5. The highest BCUT2D eigenvalue weighted by atomic mass is 35.5. The normalized spacial score (nSPS) is 20.4. The summed E-state index contributed by atoms with van der Waals surface area (Å²) in [4.78, 5) is 9.26. The van der Waals surface area contributed by atoms with Crippen LogP contribution in [0.4, 0.5) is 0 Å². The summed E-state index contributed by atoms with van der Waals surface area (Å²) in [6.45, 7) is 9.66. The molecule has 1 aromatic rings. The van der Waals surface area contributed by atoms with E-state index in [1.165, 1.54) is 6.42 Å². The van der Waals surface area contributed by atoms with E-state index in [1.54, 1.807) is 6.07 Å². The first-order valence-electron chi connectivity index (χ1n) is 6.91. The molecule has 1 fully saturated rings. The van der Waals surface area contributed by atoms with Crippen LogP contribution in [0, 0.1) is 0 Å². The SMILES string of the molecule is CCN(CC)C1CCN(Cc2nc(Cl)ccc2Cl)C1. The molecule has 0 saturated carbocycles. The average molecular weight is 302 g/mol. The van der Waals surface area contributed by atoms with E-state index < -0.39 is 0 Å². The van der Waals surface area contributed by atoms with Crippen molar-refractivity contribution in [2.75, 3.05) is 26.2 Å². The molecule has 3 nitrogen and oxygen atoms in total. The minimum absolute atomic E-state index is 0.513. The molecule has 0 amide bonds. The summed E-state index contributed by atoms with van der Waals surface area (Å²) in [5, 5.41) is 1.22. The van der Waals surface area contributed by atoms with Gasteiger partial charge in [0.25, 0.3) is 0 Å². The second-order valence-electron chi connectivity index (χ2n) is 4.96. The average Bonchev–Trinajstić information content (AvgIpc) is 2.84. The first kappa shape index (κ1) is 15.0. The molecule has 0 bridgehead atoms. The third-order valence-corrected chi connectivity index (χ3v) is 4.39. The highest BCUT2D eigenvalue weighted by Crippen LogP contribution is 2.22. The second kappa shape index (κ2) is 6.89. The fourth-order valence-electron chi connectivity index (χ4n) is 2.77. The van der Waals surface area contributed by atoms with Crippen molar-refractivity contribution in [2.45, 2.75) is 32.9 Å². The first-order chi connectivity index (χ1) is 9.13. The van der Waals surface area contributed by atoms with E-state index in [-0.39, 0.29) is 0 Å². The maximum atomic E-state index is 6.17. The molecule has 1 saturated heterocycles. The van der Waals surface area contributed by atoms with E-state index in [1.807, 2.05) is 6.07 Å². The molecule has 1 aromatic heterocycles. The van der Waals surface area contributed by atoms with Gasteiger partial charge in [-0.05, 0) is 31.6 Å². The molecule has 0 spiro atoms. The number of nitrogens with zero attached hydrogens (tertiary/aromatic N) is 3. The van der Waals surface area contributed by atoms with Crippen molar-refractivity contribution >= 4 is 23.2 Å². The molecule has 1 unspecified atom stereocenters.